The van der Waals surface area contributed by atoms with Crippen molar-refractivity contribution in [2.75, 3.05) is 5.32 Å². The Bertz CT molecular complexity index is 497. The van der Waals surface area contributed by atoms with E-state index in [0.717, 1.165) is 24.7 Å². The van der Waals surface area contributed by atoms with E-state index in [2.05, 4.69) is 5.32 Å². The second-order valence-electron chi connectivity index (χ2n) is 4.26. The molecule has 0 spiro atoms. The maximum Gasteiger partial charge on any atom is 0.181 e. The number of nitrogens with one attached hydrogen (secondary N) is 1. The minimum Gasteiger partial charge on any atom is -0.469 e. The van der Waals surface area contributed by atoms with E-state index >= 15 is 0 Å². The molecule has 2 aromatic rings. The highest BCUT2D eigenvalue weighted by Crippen LogP contribution is 2.18. The van der Waals surface area contributed by atoms with E-state index in [9.17, 15) is 8.78 Å². The van der Waals surface area contributed by atoms with E-state index in [1.807, 2.05) is 19.1 Å². The predicted molar refractivity (Wildman–Crippen MR) is 66.5 cm³/mol. The SMILES string of the molecule is CC(CCc1ccco1)Nc1cccc(F)c1F. The second kappa shape index (κ2) is 5.67. The Hall–Kier alpha value is -1.84. The van der Waals surface area contributed by atoms with Crippen molar-refractivity contribution in [2.45, 2.75) is 25.8 Å². The van der Waals surface area contributed by atoms with Crippen LogP contribution in [0.3, 0.4) is 0 Å². The van der Waals surface area contributed by atoms with Gasteiger partial charge in [0.1, 0.15) is 5.76 Å². The molecule has 0 saturated carbocycles. The summed E-state index contributed by atoms with van der Waals surface area (Å²) in [6.45, 7) is 1.92. The summed E-state index contributed by atoms with van der Waals surface area (Å²) < 4.78 is 31.6. The summed E-state index contributed by atoms with van der Waals surface area (Å²) in [7, 11) is 0. The van der Waals surface area contributed by atoms with E-state index in [-0.39, 0.29) is 11.7 Å². The second-order valence-corrected chi connectivity index (χ2v) is 4.26. The lowest BCUT2D eigenvalue weighted by Gasteiger charge is -2.15. The van der Waals surface area contributed by atoms with Gasteiger partial charge >= 0.3 is 0 Å². The van der Waals surface area contributed by atoms with Crippen molar-refractivity contribution in [3.05, 3.63) is 54.0 Å². The molecule has 1 aromatic carbocycles. The first kappa shape index (κ1) is 12.6. The van der Waals surface area contributed by atoms with Gasteiger partial charge < -0.3 is 9.73 Å². The predicted octanol–water partition coefficient (Wildman–Crippen LogP) is 3.99. The lowest BCUT2D eigenvalue weighted by molar-refractivity contribution is 0.492. The Balaban J connectivity index is 1.90. The summed E-state index contributed by atoms with van der Waals surface area (Å²) in [5, 5.41) is 2.96. The quantitative estimate of drug-likeness (QED) is 0.869. The summed E-state index contributed by atoms with van der Waals surface area (Å²) in [5.41, 5.74) is 0.196. The molecular weight excluding hydrogens is 236 g/mol. The van der Waals surface area contributed by atoms with Crippen LogP contribution in [0.5, 0.6) is 0 Å². The van der Waals surface area contributed by atoms with Crippen molar-refractivity contribution in [1.82, 2.24) is 0 Å². The normalized spacial score (nSPS) is 12.4. The fraction of sp³-hybridized carbons (Fsp3) is 0.286. The van der Waals surface area contributed by atoms with Crippen molar-refractivity contribution in [2.24, 2.45) is 0 Å². The average molecular weight is 251 g/mol. The Morgan fingerprint density at radius 1 is 1.22 bits per heavy atom. The van der Waals surface area contributed by atoms with Crippen LogP contribution < -0.4 is 5.32 Å². The number of rotatable bonds is 5. The highest BCUT2D eigenvalue weighted by molar-refractivity contribution is 5.45. The zero-order valence-corrected chi connectivity index (χ0v) is 10.1. The lowest BCUT2D eigenvalue weighted by Crippen LogP contribution is -2.17. The molecule has 2 nitrogen and oxygen atoms in total. The Labute approximate surface area is 105 Å². The van der Waals surface area contributed by atoms with Crippen molar-refractivity contribution >= 4 is 5.69 Å². The minimum atomic E-state index is -0.835. The fourth-order valence-corrected chi connectivity index (χ4v) is 1.77. The highest BCUT2D eigenvalue weighted by Gasteiger charge is 2.10. The van der Waals surface area contributed by atoms with Gasteiger partial charge in [0.05, 0.1) is 12.0 Å². The van der Waals surface area contributed by atoms with Crippen LogP contribution in [-0.2, 0) is 6.42 Å². The zero-order valence-electron chi connectivity index (χ0n) is 10.1. The van der Waals surface area contributed by atoms with Crippen LogP contribution in [-0.4, -0.2) is 6.04 Å². The number of aryl methyl sites for hydroxylation is 1. The van der Waals surface area contributed by atoms with E-state index in [0.29, 0.717) is 0 Å². The standard InChI is InChI=1S/C14H15F2NO/c1-10(7-8-11-4-3-9-18-11)17-13-6-2-5-12(15)14(13)16/h2-6,9-10,17H,7-8H2,1H3. The molecule has 0 aliphatic rings. The summed E-state index contributed by atoms with van der Waals surface area (Å²) in [6, 6.07) is 7.89. The van der Waals surface area contributed by atoms with Crippen LogP contribution in [0, 0.1) is 11.6 Å². The van der Waals surface area contributed by atoms with Crippen molar-refractivity contribution < 1.29 is 13.2 Å². The summed E-state index contributed by atoms with van der Waals surface area (Å²) in [4.78, 5) is 0. The van der Waals surface area contributed by atoms with Gasteiger partial charge in [-0.15, -0.1) is 0 Å². The van der Waals surface area contributed by atoms with E-state index in [4.69, 9.17) is 4.42 Å². The van der Waals surface area contributed by atoms with Gasteiger partial charge in [-0.25, -0.2) is 8.78 Å². The molecule has 0 saturated heterocycles. The molecule has 0 aliphatic heterocycles. The van der Waals surface area contributed by atoms with Crippen LogP contribution in [0.25, 0.3) is 0 Å². The van der Waals surface area contributed by atoms with Gasteiger partial charge in [-0.05, 0) is 37.6 Å². The largest absolute Gasteiger partial charge is 0.469 e. The Kier molecular flexibility index (Phi) is 3.97. The smallest absolute Gasteiger partial charge is 0.181 e. The molecule has 0 amide bonds. The summed E-state index contributed by atoms with van der Waals surface area (Å²) in [5.74, 6) is -0.774. The first-order chi connectivity index (χ1) is 8.66. The lowest BCUT2D eigenvalue weighted by atomic mass is 10.1. The molecule has 1 heterocycles. The number of anilines is 1. The third-order valence-electron chi connectivity index (χ3n) is 2.76. The topological polar surface area (TPSA) is 25.2 Å². The molecule has 2 rings (SSSR count). The number of hydrogen-bond acceptors (Lipinski definition) is 2. The van der Waals surface area contributed by atoms with Crippen LogP contribution in [0.15, 0.2) is 41.0 Å². The van der Waals surface area contributed by atoms with Gasteiger partial charge in [-0.3, -0.25) is 0 Å². The number of hydrogen-bond donors (Lipinski definition) is 1. The monoisotopic (exact) mass is 251 g/mol. The third-order valence-corrected chi connectivity index (χ3v) is 2.76. The summed E-state index contributed by atoms with van der Waals surface area (Å²) in [6.07, 6.45) is 3.17. The molecule has 0 fully saturated rings. The van der Waals surface area contributed by atoms with Crippen LogP contribution in [0.2, 0.25) is 0 Å². The van der Waals surface area contributed by atoms with Gasteiger partial charge in [0.25, 0.3) is 0 Å². The number of benzene rings is 1. The van der Waals surface area contributed by atoms with Gasteiger partial charge in [0.2, 0.25) is 0 Å². The molecule has 96 valence electrons. The van der Waals surface area contributed by atoms with Crippen LogP contribution in [0.1, 0.15) is 19.1 Å². The molecule has 1 atom stereocenters. The Morgan fingerprint density at radius 2 is 2.06 bits per heavy atom. The van der Waals surface area contributed by atoms with Gasteiger partial charge in [-0.1, -0.05) is 6.07 Å². The molecule has 0 bridgehead atoms. The number of furan rings is 1. The first-order valence-corrected chi connectivity index (χ1v) is 5.89. The molecule has 0 aliphatic carbocycles. The van der Waals surface area contributed by atoms with Gasteiger partial charge in [0, 0.05) is 12.5 Å². The maximum absolute atomic E-state index is 13.4. The van der Waals surface area contributed by atoms with Crippen molar-refractivity contribution in [3.8, 4) is 0 Å². The van der Waals surface area contributed by atoms with Crippen LogP contribution in [0.4, 0.5) is 14.5 Å². The molecule has 18 heavy (non-hydrogen) atoms. The Morgan fingerprint density at radius 3 is 2.78 bits per heavy atom. The minimum absolute atomic E-state index is 0.0337. The van der Waals surface area contributed by atoms with E-state index < -0.39 is 11.6 Å². The molecule has 4 heteroatoms. The maximum atomic E-state index is 13.4. The molecule has 1 N–H and O–H groups in total. The fourth-order valence-electron chi connectivity index (χ4n) is 1.77. The van der Waals surface area contributed by atoms with Crippen LogP contribution >= 0.6 is 0 Å². The van der Waals surface area contributed by atoms with Crippen molar-refractivity contribution in [3.63, 3.8) is 0 Å². The van der Waals surface area contributed by atoms with E-state index in [1.165, 1.54) is 12.1 Å². The average Bonchev–Trinajstić information content (AvgIpc) is 2.86. The summed E-state index contributed by atoms with van der Waals surface area (Å²) >= 11 is 0. The molecular formula is C14H15F2NO. The van der Waals surface area contributed by atoms with Gasteiger partial charge in [0.15, 0.2) is 11.6 Å². The van der Waals surface area contributed by atoms with Gasteiger partial charge in [-0.2, -0.15) is 0 Å². The van der Waals surface area contributed by atoms with Crippen molar-refractivity contribution in [1.29, 1.82) is 0 Å². The number of halogens is 2. The zero-order chi connectivity index (χ0) is 13.0. The first-order valence-electron chi connectivity index (χ1n) is 5.89. The molecule has 1 aromatic heterocycles. The molecule has 0 radical (unpaired) electrons. The molecule has 1 unspecified atom stereocenters. The highest BCUT2D eigenvalue weighted by atomic mass is 19.2. The van der Waals surface area contributed by atoms with E-state index in [1.54, 1.807) is 6.26 Å². The third kappa shape index (κ3) is 3.09.